The molecule has 3 aromatic rings. The number of ether oxygens (including phenoxy) is 2. The van der Waals surface area contributed by atoms with Gasteiger partial charge in [-0.1, -0.05) is 6.07 Å². The fourth-order valence-electron chi connectivity index (χ4n) is 2.72. The van der Waals surface area contributed by atoms with Crippen LogP contribution in [0.1, 0.15) is 20.9 Å². The maximum Gasteiger partial charge on any atom is 0.274 e. The molecule has 4 rings (SSSR count). The molecule has 1 aromatic carbocycles. The summed E-state index contributed by atoms with van der Waals surface area (Å²) in [6, 6.07) is 11.6. The van der Waals surface area contributed by atoms with E-state index in [-0.39, 0.29) is 12.7 Å². The van der Waals surface area contributed by atoms with Crippen molar-refractivity contribution in [1.82, 2.24) is 15.1 Å². The van der Waals surface area contributed by atoms with E-state index >= 15 is 0 Å². The fourth-order valence-corrected chi connectivity index (χ4v) is 3.55. The Morgan fingerprint density at radius 3 is 2.88 bits per heavy atom. The van der Waals surface area contributed by atoms with Crippen molar-refractivity contribution in [3.05, 3.63) is 52.5 Å². The Hall–Kier alpha value is -2.80. The zero-order chi connectivity index (χ0) is 17.4. The number of aryl methyl sites for hydroxylation is 1. The van der Waals surface area contributed by atoms with E-state index in [0.29, 0.717) is 18.0 Å². The molecule has 1 aliphatic heterocycles. The van der Waals surface area contributed by atoms with Gasteiger partial charge >= 0.3 is 0 Å². The van der Waals surface area contributed by atoms with Crippen molar-refractivity contribution in [3.8, 4) is 22.1 Å². The van der Waals surface area contributed by atoms with E-state index in [4.69, 9.17) is 9.47 Å². The fraction of sp³-hybridized carbons (Fsp3) is 0.222. The van der Waals surface area contributed by atoms with Crippen molar-refractivity contribution in [2.24, 2.45) is 0 Å². The Labute approximate surface area is 149 Å². The molecule has 0 spiro atoms. The standard InChI is InChI=1S/C18H17N3O3S/c1-11-3-6-17(25-11)13-8-14(20-19-13)18(22)21(2)9-12-4-5-15-16(7-12)24-10-23-15/h3-8H,9-10H2,1-2H3,(H,19,20). The van der Waals surface area contributed by atoms with Gasteiger partial charge in [-0.2, -0.15) is 5.10 Å². The van der Waals surface area contributed by atoms with Gasteiger partial charge in [-0.15, -0.1) is 11.3 Å². The molecule has 0 saturated carbocycles. The summed E-state index contributed by atoms with van der Waals surface area (Å²) < 4.78 is 10.7. The lowest BCUT2D eigenvalue weighted by molar-refractivity contribution is 0.0779. The van der Waals surface area contributed by atoms with Gasteiger partial charge in [0.2, 0.25) is 6.79 Å². The first-order chi connectivity index (χ1) is 12.1. The van der Waals surface area contributed by atoms with Crippen molar-refractivity contribution < 1.29 is 14.3 Å². The van der Waals surface area contributed by atoms with Gasteiger partial charge in [-0.25, -0.2) is 0 Å². The van der Waals surface area contributed by atoms with Crippen LogP contribution in [0.15, 0.2) is 36.4 Å². The zero-order valence-corrected chi connectivity index (χ0v) is 14.7. The van der Waals surface area contributed by atoms with E-state index in [2.05, 4.69) is 17.1 Å². The number of thiophene rings is 1. The number of nitrogens with one attached hydrogen (secondary N) is 1. The predicted octanol–water partition coefficient (Wildman–Crippen LogP) is 3.45. The monoisotopic (exact) mass is 355 g/mol. The molecule has 1 N–H and O–H groups in total. The number of aromatic amines is 1. The van der Waals surface area contributed by atoms with E-state index in [9.17, 15) is 4.79 Å². The Kier molecular flexibility index (Phi) is 3.93. The lowest BCUT2D eigenvalue weighted by Gasteiger charge is -2.16. The molecule has 3 heterocycles. The highest BCUT2D eigenvalue weighted by Gasteiger charge is 2.18. The third-order valence-corrected chi connectivity index (χ3v) is 5.04. The van der Waals surface area contributed by atoms with Gasteiger partial charge in [-0.3, -0.25) is 9.89 Å². The van der Waals surface area contributed by atoms with E-state index in [0.717, 1.165) is 21.9 Å². The van der Waals surface area contributed by atoms with Crippen LogP contribution in [-0.4, -0.2) is 34.8 Å². The number of nitrogens with zero attached hydrogens (tertiary/aromatic N) is 2. The van der Waals surface area contributed by atoms with Gasteiger partial charge in [0.25, 0.3) is 5.91 Å². The zero-order valence-electron chi connectivity index (χ0n) is 13.9. The predicted molar refractivity (Wildman–Crippen MR) is 95.0 cm³/mol. The molecule has 2 aromatic heterocycles. The van der Waals surface area contributed by atoms with Crippen LogP contribution in [0, 0.1) is 6.92 Å². The topological polar surface area (TPSA) is 67.5 Å². The van der Waals surface area contributed by atoms with Gasteiger partial charge in [0.05, 0.1) is 10.6 Å². The van der Waals surface area contributed by atoms with Crippen LogP contribution in [0.5, 0.6) is 11.5 Å². The number of carbonyl (C=O) groups excluding carboxylic acids is 1. The van der Waals surface area contributed by atoms with Crippen LogP contribution in [0.2, 0.25) is 0 Å². The minimum Gasteiger partial charge on any atom is -0.454 e. The third kappa shape index (κ3) is 3.10. The van der Waals surface area contributed by atoms with Gasteiger partial charge in [0.15, 0.2) is 17.2 Å². The second-order valence-electron chi connectivity index (χ2n) is 5.93. The average molecular weight is 355 g/mol. The minimum atomic E-state index is -0.131. The smallest absolute Gasteiger partial charge is 0.274 e. The van der Waals surface area contributed by atoms with Crippen molar-refractivity contribution in [2.75, 3.05) is 13.8 Å². The van der Waals surface area contributed by atoms with Gasteiger partial charge in [-0.05, 0) is 42.8 Å². The summed E-state index contributed by atoms with van der Waals surface area (Å²) in [5, 5.41) is 7.11. The highest BCUT2D eigenvalue weighted by Crippen LogP contribution is 2.33. The minimum absolute atomic E-state index is 0.131. The molecule has 0 saturated heterocycles. The number of hydrogen-bond donors (Lipinski definition) is 1. The molecule has 0 fully saturated rings. The van der Waals surface area contributed by atoms with Gasteiger partial charge < -0.3 is 14.4 Å². The summed E-state index contributed by atoms with van der Waals surface area (Å²) in [4.78, 5) is 16.6. The molecule has 0 bridgehead atoms. The Morgan fingerprint density at radius 1 is 1.24 bits per heavy atom. The number of H-pyrrole nitrogens is 1. The first kappa shape index (κ1) is 15.7. The molecular formula is C18H17N3O3S. The molecule has 0 aliphatic carbocycles. The molecule has 6 nitrogen and oxygen atoms in total. The molecule has 25 heavy (non-hydrogen) atoms. The number of aromatic nitrogens is 2. The second kappa shape index (κ2) is 6.25. The largest absolute Gasteiger partial charge is 0.454 e. The van der Waals surface area contributed by atoms with E-state index < -0.39 is 0 Å². The Morgan fingerprint density at radius 2 is 2.08 bits per heavy atom. The number of carbonyl (C=O) groups is 1. The third-order valence-electron chi connectivity index (χ3n) is 4.01. The van der Waals surface area contributed by atoms with E-state index in [1.807, 2.05) is 30.3 Å². The molecule has 0 radical (unpaired) electrons. The molecule has 0 atom stereocenters. The molecule has 1 amide bonds. The van der Waals surface area contributed by atoms with Crippen LogP contribution in [0.25, 0.3) is 10.6 Å². The summed E-state index contributed by atoms with van der Waals surface area (Å²) in [5.41, 5.74) is 2.24. The molecule has 128 valence electrons. The highest BCUT2D eigenvalue weighted by molar-refractivity contribution is 7.15. The van der Waals surface area contributed by atoms with Crippen LogP contribution >= 0.6 is 11.3 Å². The molecular weight excluding hydrogens is 338 g/mol. The van der Waals surface area contributed by atoms with Crippen molar-refractivity contribution in [3.63, 3.8) is 0 Å². The van der Waals surface area contributed by atoms with Crippen LogP contribution < -0.4 is 9.47 Å². The summed E-state index contributed by atoms with van der Waals surface area (Å²) in [6.45, 7) is 2.76. The van der Waals surface area contributed by atoms with Crippen molar-refractivity contribution >= 4 is 17.2 Å². The van der Waals surface area contributed by atoms with Crippen molar-refractivity contribution in [1.29, 1.82) is 0 Å². The first-order valence-corrected chi connectivity index (χ1v) is 8.68. The number of fused-ring (bicyclic) bond motifs is 1. The van der Waals surface area contributed by atoms with Crippen LogP contribution in [0.4, 0.5) is 0 Å². The first-order valence-electron chi connectivity index (χ1n) is 7.86. The molecule has 0 unspecified atom stereocenters. The average Bonchev–Trinajstić information content (AvgIpc) is 3.33. The van der Waals surface area contributed by atoms with Gasteiger partial charge in [0.1, 0.15) is 0 Å². The van der Waals surface area contributed by atoms with Crippen LogP contribution in [-0.2, 0) is 6.54 Å². The lowest BCUT2D eigenvalue weighted by Crippen LogP contribution is -2.26. The molecule has 7 heteroatoms. The quantitative estimate of drug-likeness (QED) is 0.778. The highest BCUT2D eigenvalue weighted by atomic mass is 32.1. The van der Waals surface area contributed by atoms with E-state index in [1.54, 1.807) is 29.4 Å². The number of rotatable bonds is 4. The van der Waals surface area contributed by atoms with Gasteiger partial charge in [0, 0.05) is 18.5 Å². The lowest BCUT2D eigenvalue weighted by atomic mass is 10.2. The van der Waals surface area contributed by atoms with E-state index in [1.165, 1.54) is 4.88 Å². The van der Waals surface area contributed by atoms with Crippen molar-refractivity contribution in [2.45, 2.75) is 13.5 Å². The summed E-state index contributed by atoms with van der Waals surface area (Å²) in [6.07, 6.45) is 0. The summed E-state index contributed by atoms with van der Waals surface area (Å²) in [7, 11) is 1.76. The second-order valence-corrected chi connectivity index (χ2v) is 7.21. The Bertz CT molecular complexity index is 931. The summed E-state index contributed by atoms with van der Waals surface area (Å²) >= 11 is 1.67. The summed E-state index contributed by atoms with van der Waals surface area (Å²) in [5.74, 6) is 1.32. The maximum absolute atomic E-state index is 12.6. The number of benzene rings is 1. The SMILES string of the molecule is Cc1ccc(-c2cc(C(=O)N(C)Cc3ccc4c(c3)OCO4)n[nH]2)s1. The number of amides is 1. The number of hydrogen-bond acceptors (Lipinski definition) is 5. The normalized spacial score (nSPS) is 12.4. The molecule has 1 aliphatic rings. The maximum atomic E-state index is 12.6. The van der Waals surface area contributed by atoms with Crippen LogP contribution in [0.3, 0.4) is 0 Å². The Balaban J connectivity index is 1.48.